The van der Waals surface area contributed by atoms with E-state index in [4.69, 9.17) is 10.5 Å². The van der Waals surface area contributed by atoms with Crippen LogP contribution >= 0.6 is 12.4 Å². The second-order valence-corrected chi connectivity index (χ2v) is 4.32. The molecule has 104 valence electrons. The zero-order valence-electron chi connectivity index (χ0n) is 10.9. The minimum atomic E-state index is -0.655. The second-order valence-electron chi connectivity index (χ2n) is 4.32. The molecule has 0 aliphatic carbocycles. The monoisotopic (exact) mass is 279 g/mol. The van der Waals surface area contributed by atoms with Gasteiger partial charge in [0.1, 0.15) is 0 Å². The van der Waals surface area contributed by atoms with Crippen molar-refractivity contribution in [2.24, 2.45) is 5.73 Å². The van der Waals surface area contributed by atoms with E-state index in [1.165, 1.54) is 6.07 Å². The number of ether oxygens (including phenoxy) is 1. The van der Waals surface area contributed by atoms with Gasteiger partial charge >= 0.3 is 0 Å². The molecule has 0 bridgehead atoms. The Balaban J connectivity index is 0.00000289. The third kappa shape index (κ3) is 4.10. The Hall–Kier alpha value is -0.870. The van der Waals surface area contributed by atoms with Crippen molar-refractivity contribution in [1.82, 2.24) is 0 Å². The second kappa shape index (κ2) is 7.54. The average molecular weight is 280 g/mol. The first-order chi connectivity index (χ1) is 7.97. The SMILES string of the molecule is CCCOc1c(F)cc(CC(C)N)c(C)c1F.Cl. The molecule has 0 fully saturated rings. The summed E-state index contributed by atoms with van der Waals surface area (Å²) in [7, 11) is 0. The lowest BCUT2D eigenvalue weighted by molar-refractivity contribution is 0.283. The van der Waals surface area contributed by atoms with E-state index in [9.17, 15) is 8.78 Å². The fraction of sp³-hybridized carbons (Fsp3) is 0.538. The summed E-state index contributed by atoms with van der Waals surface area (Å²) in [4.78, 5) is 0. The smallest absolute Gasteiger partial charge is 0.190 e. The third-order valence-electron chi connectivity index (χ3n) is 2.52. The Kier molecular flexibility index (Phi) is 7.18. The van der Waals surface area contributed by atoms with Crippen molar-refractivity contribution >= 4 is 12.4 Å². The van der Waals surface area contributed by atoms with Crippen LogP contribution in [0.5, 0.6) is 5.75 Å². The molecule has 0 saturated heterocycles. The first-order valence-corrected chi connectivity index (χ1v) is 5.83. The average Bonchev–Trinajstić information content (AvgIpc) is 2.25. The van der Waals surface area contributed by atoms with Crippen LogP contribution in [-0.4, -0.2) is 12.6 Å². The highest BCUT2D eigenvalue weighted by Crippen LogP contribution is 2.28. The van der Waals surface area contributed by atoms with Crippen LogP contribution in [-0.2, 0) is 6.42 Å². The van der Waals surface area contributed by atoms with Gasteiger partial charge in [-0.1, -0.05) is 6.92 Å². The first kappa shape index (κ1) is 17.1. The van der Waals surface area contributed by atoms with Crippen molar-refractivity contribution < 1.29 is 13.5 Å². The summed E-state index contributed by atoms with van der Waals surface area (Å²) in [5, 5.41) is 0. The number of hydrogen-bond acceptors (Lipinski definition) is 2. The van der Waals surface area contributed by atoms with Crippen LogP contribution in [0, 0.1) is 18.6 Å². The Labute approximate surface area is 113 Å². The molecule has 2 N–H and O–H groups in total. The Morgan fingerprint density at radius 1 is 1.39 bits per heavy atom. The van der Waals surface area contributed by atoms with E-state index in [0.29, 0.717) is 30.6 Å². The largest absolute Gasteiger partial charge is 0.488 e. The molecule has 1 atom stereocenters. The maximum Gasteiger partial charge on any atom is 0.190 e. The van der Waals surface area contributed by atoms with Gasteiger partial charge in [-0.05, 0) is 43.9 Å². The molecule has 1 aromatic carbocycles. The first-order valence-electron chi connectivity index (χ1n) is 5.83. The third-order valence-corrected chi connectivity index (χ3v) is 2.52. The summed E-state index contributed by atoms with van der Waals surface area (Å²) in [5.41, 5.74) is 6.64. The number of rotatable bonds is 5. The van der Waals surface area contributed by atoms with Gasteiger partial charge in [-0.2, -0.15) is 0 Å². The van der Waals surface area contributed by atoms with Crippen LogP contribution in [0.25, 0.3) is 0 Å². The molecule has 5 heteroatoms. The number of benzene rings is 1. The van der Waals surface area contributed by atoms with Crippen LogP contribution in [0.4, 0.5) is 8.78 Å². The number of nitrogens with two attached hydrogens (primary N) is 1. The van der Waals surface area contributed by atoms with Crippen LogP contribution in [0.1, 0.15) is 31.4 Å². The quantitative estimate of drug-likeness (QED) is 0.897. The van der Waals surface area contributed by atoms with Crippen LogP contribution in [0.3, 0.4) is 0 Å². The molecule has 0 heterocycles. The number of hydrogen-bond donors (Lipinski definition) is 1. The normalized spacial score (nSPS) is 11.9. The number of halogens is 3. The summed E-state index contributed by atoms with van der Waals surface area (Å²) < 4.78 is 32.6. The minimum Gasteiger partial charge on any atom is -0.488 e. The van der Waals surface area contributed by atoms with E-state index in [2.05, 4.69) is 0 Å². The predicted molar refractivity (Wildman–Crippen MR) is 71.5 cm³/mol. The van der Waals surface area contributed by atoms with Crippen LogP contribution < -0.4 is 10.5 Å². The van der Waals surface area contributed by atoms with Crippen LogP contribution in [0.2, 0.25) is 0 Å². The highest BCUT2D eigenvalue weighted by Gasteiger charge is 2.17. The van der Waals surface area contributed by atoms with Crippen molar-refractivity contribution in [3.8, 4) is 5.75 Å². The van der Waals surface area contributed by atoms with Gasteiger partial charge in [0, 0.05) is 6.04 Å². The molecule has 1 unspecified atom stereocenters. The summed E-state index contributed by atoms with van der Waals surface area (Å²) in [6, 6.07) is 1.18. The lowest BCUT2D eigenvalue weighted by atomic mass is 10.0. The van der Waals surface area contributed by atoms with Crippen LogP contribution in [0.15, 0.2) is 6.07 Å². The van der Waals surface area contributed by atoms with Gasteiger partial charge in [0.05, 0.1) is 6.61 Å². The molecule has 0 spiro atoms. The summed E-state index contributed by atoms with van der Waals surface area (Å²) >= 11 is 0. The zero-order valence-corrected chi connectivity index (χ0v) is 11.7. The van der Waals surface area contributed by atoms with Gasteiger partial charge in [0.25, 0.3) is 0 Å². The maximum absolute atomic E-state index is 13.9. The standard InChI is InChI=1S/C13H19F2NO.ClH/c1-4-5-17-13-11(14)7-10(6-8(2)16)9(3)12(13)15;/h7-8H,4-6,16H2,1-3H3;1H. The molecule has 0 saturated carbocycles. The van der Waals surface area contributed by atoms with Crippen molar-refractivity contribution in [1.29, 1.82) is 0 Å². The lowest BCUT2D eigenvalue weighted by Crippen LogP contribution is -2.19. The van der Waals surface area contributed by atoms with E-state index < -0.39 is 11.6 Å². The minimum absolute atomic E-state index is 0. The van der Waals surface area contributed by atoms with Crippen molar-refractivity contribution in [2.75, 3.05) is 6.61 Å². The molecule has 0 aromatic heterocycles. The molecular formula is C13H20ClF2NO. The summed E-state index contributed by atoms with van der Waals surface area (Å²) in [6.07, 6.45) is 1.16. The molecular weight excluding hydrogens is 260 g/mol. The van der Waals surface area contributed by atoms with Gasteiger partial charge in [-0.15, -0.1) is 12.4 Å². The van der Waals surface area contributed by atoms with Gasteiger partial charge in [0.15, 0.2) is 17.4 Å². The molecule has 2 nitrogen and oxygen atoms in total. The van der Waals surface area contributed by atoms with E-state index >= 15 is 0 Å². The van der Waals surface area contributed by atoms with E-state index in [0.717, 1.165) is 0 Å². The molecule has 18 heavy (non-hydrogen) atoms. The fourth-order valence-electron chi connectivity index (χ4n) is 1.64. The Bertz CT molecular complexity index is 397. The van der Waals surface area contributed by atoms with Gasteiger partial charge in [0.2, 0.25) is 0 Å². The molecule has 0 aliphatic heterocycles. The highest BCUT2D eigenvalue weighted by molar-refractivity contribution is 5.85. The van der Waals surface area contributed by atoms with Gasteiger partial charge < -0.3 is 10.5 Å². The Morgan fingerprint density at radius 3 is 2.50 bits per heavy atom. The van der Waals surface area contributed by atoms with Crippen molar-refractivity contribution in [3.63, 3.8) is 0 Å². The summed E-state index contributed by atoms with van der Waals surface area (Å²) in [5.74, 6) is -1.55. The fourth-order valence-corrected chi connectivity index (χ4v) is 1.64. The maximum atomic E-state index is 13.9. The molecule has 0 aliphatic rings. The van der Waals surface area contributed by atoms with E-state index in [-0.39, 0.29) is 24.2 Å². The molecule has 1 rings (SSSR count). The molecule has 1 aromatic rings. The topological polar surface area (TPSA) is 35.2 Å². The van der Waals surface area contributed by atoms with Crippen molar-refractivity contribution in [2.45, 2.75) is 39.7 Å². The van der Waals surface area contributed by atoms with E-state index in [1.54, 1.807) is 13.8 Å². The lowest BCUT2D eigenvalue weighted by Gasteiger charge is -2.14. The zero-order chi connectivity index (χ0) is 13.0. The molecule has 0 radical (unpaired) electrons. The predicted octanol–water partition coefficient (Wildman–Crippen LogP) is 3.37. The molecule has 0 amide bonds. The highest BCUT2D eigenvalue weighted by atomic mass is 35.5. The van der Waals surface area contributed by atoms with E-state index in [1.807, 2.05) is 6.92 Å². The van der Waals surface area contributed by atoms with Gasteiger partial charge in [-0.3, -0.25) is 0 Å². The van der Waals surface area contributed by atoms with Gasteiger partial charge in [-0.25, -0.2) is 8.78 Å². The summed E-state index contributed by atoms with van der Waals surface area (Å²) in [6.45, 7) is 5.61. The van der Waals surface area contributed by atoms with Crippen molar-refractivity contribution in [3.05, 3.63) is 28.8 Å². The Morgan fingerprint density at radius 2 is 2.00 bits per heavy atom.